The van der Waals surface area contributed by atoms with E-state index in [2.05, 4.69) is 24.1 Å². The average molecular weight is 226 g/mol. The SMILES string of the molecule is CCNC1(CO)CCC(N(CC)C2CC2)C1. The van der Waals surface area contributed by atoms with Crippen molar-refractivity contribution in [3.8, 4) is 0 Å². The molecule has 3 nitrogen and oxygen atoms in total. The van der Waals surface area contributed by atoms with E-state index in [-0.39, 0.29) is 5.54 Å². The van der Waals surface area contributed by atoms with Crippen LogP contribution in [0, 0.1) is 0 Å². The first-order valence-corrected chi connectivity index (χ1v) is 6.86. The summed E-state index contributed by atoms with van der Waals surface area (Å²) in [5, 5.41) is 13.1. The minimum absolute atomic E-state index is 0.0156. The van der Waals surface area contributed by atoms with Crippen molar-refractivity contribution in [1.29, 1.82) is 0 Å². The van der Waals surface area contributed by atoms with Crippen LogP contribution in [0.4, 0.5) is 0 Å². The summed E-state index contributed by atoms with van der Waals surface area (Å²) in [7, 11) is 0. The Labute approximate surface area is 99.2 Å². The summed E-state index contributed by atoms with van der Waals surface area (Å²) in [6, 6.07) is 1.55. The molecule has 0 bridgehead atoms. The van der Waals surface area contributed by atoms with Crippen LogP contribution in [-0.2, 0) is 0 Å². The van der Waals surface area contributed by atoms with Crippen molar-refractivity contribution in [2.24, 2.45) is 0 Å². The van der Waals surface area contributed by atoms with Crippen molar-refractivity contribution in [3.05, 3.63) is 0 Å². The van der Waals surface area contributed by atoms with Crippen LogP contribution >= 0.6 is 0 Å². The van der Waals surface area contributed by atoms with Crippen LogP contribution < -0.4 is 5.32 Å². The summed E-state index contributed by atoms with van der Waals surface area (Å²) < 4.78 is 0. The van der Waals surface area contributed by atoms with Gasteiger partial charge in [0.25, 0.3) is 0 Å². The van der Waals surface area contributed by atoms with Crippen molar-refractivity contribution in [2.75, 3.05) is 19.7 Å². The Morgan fingerprint density at radius 1 is 1.25 bits per heavy atom. The van der Waals surface area contributed by atoms with Crippen LogP contribution in [0.5, 0.6) is 0 Å². The number of rotatable bonds is 6. The molecule has 2 saturated carbocycles. The third-order valence-electron chi connectivity index (χ3n) is 4.29. The monoisotopic (exact) mass is 226 g/mol. The van der Waals surface area contributed by atoms with Crippen molar-refractivity contribution in [2.45, 2.75) is 63.6 Å². The lowest BCUT2D eigenvalue weighted by Crippen LogP contribution is -2.48. The number of nitrogens with one attached hydrogen (secondary N) is 1. The Kier molecular flexibility index (Phi) is 3.88. The van der Waals surface area contributed by atoms with Gasteiger partial charge in [-0.05, 0) is 45.2 Å². The van der Waals surface area contributed by atoms with Crippen LogP contribution in [0.1, 0.15) is 46.0 Å². The summed E-state index contributed by atoms with van der Waals surface area (Å²) >= 11 is 0. The van der Waals surface area contributed by atoms with Gasteiger partial charge in [0, 0.05) is 17.6 Å². The molecule has 2 N–H and O–H groups in total. The van der Waals surface area contributed by atoms with Gasteiger partial charge < -0.3 is 10.4 Å². The van der Waals surface area contributed by atoms with E-state index < -0.39 is 0 Å². The third kappa shape index (κ3) is 2.41. The quantitative estimate of drug-likeness (QED) is 0.718. The van der Waals surface area contributed by atoms with Gasteiger partial charge in [-0.3, -0.25) is 4.90 Å². The predicted molar refractivity (Wildman–Crippen MR) is 66.5 cm³/mol. The molecule has 2 fully saturated rings. The minimum atomic E-state index is 0.0156. The van der Waals surface area contributed by atoms with E-state index in [1.807, 2.05) is 0 Å². The molecule has 2 rings (SSSR count). The lowest BCUT2D eigenvalue weighted by atomic mass is 9.98. The van der Waals surface area contributed by atoms with Crippen molar-refractivity contribution < 1.29 is 5.11 Å². The molecule has 0 spiro atoms. The summed E-state index contributed by atoms with van der Waals surface area (Å²) in [6.07, 6.45) is 6.28. The molecule has 2 atom stereocenters. The molecule has 0 radical (unpaired) electrons. The smallest absolute Gasteiger partial charge is 0.0613 e. The molecule has 0 saturated heterocycles. The lowest BCUT2D eigenvalue weighted by molar-refractivity contribution is 0.143. The maximum absolute atomic E-state index is 9.59. The molecule has 0 amide bonds. The van der Waals surface area contributed by atoms with Gasteiger partial charge in [-0.25, -0.2) is 0 Å². The number of aliphatic hydroxyl groups is 1. The zero-order valence-electron chi connectivity index (χ0n) is 10.7. The van der Waals surface area contributed by atoms with E-state index in [0.29, 0.717) is 12.6 Å². The molecular formula is C13H26N2O. The Hall–Kier alpha value is -0.120. The maximum atomic E-state index is 9.59. The zero-order valence-corrected chi connectivity index (χ0v) is 10.7. The van der Waals surface area contributed by atoms with Crippen LogP contribution in [0.2, 0.25) is 0 Å². The number of hydrogen-bond acceptors (Lipinski definition) is 3. The fourth-order valence-electron chi connectivity index (χ4n) is 3.34. The van der Waals surface area contributed by atoms with Crippen LogP contribution in [0.3, 0.4) is 0 Å². The highest BCUT2D eigenvalue weighted by molar-refractivity contribution is 5.01. The van der Waals surface area contributed by atoms with Gasteiger partial charge >= 0.3 is 0 Å². The first kappa shape index (κ1) is 12.3. The molecule has 2 aliphatic rings. The number of likely N-dealkylation sites (N-methyl/N-ethyl adjacent to an activating group) is 1. The Morgan fingerprint density at radius 2 is 2.00 bits per heavy atom. The second kappa shape index (κ2) is 5.03. The first-order valence-electron chi connectivity index (χ1n) is 6.86. The largest absolute Gasteiger partial charge is 0.394 e. The maximum Gasteiger partial charge on any atom is 0.0613 e. The third-order valence-corrected chi connectivity index (χ3v) is 4.29. The molecule has 0 aromatic heterocycles. The van der Waals surface area contributed by atoms with Crippen molar-refractivity contribution in [3.63, 3.8) is 0 Å². The van der Waals surface area contributed by atoms with E-state index in [1.54, 1.807) is 0 Å². The molecule has 0 heterocycles. The Bertz CT molecular complexity index is 230. The van der Waals surface area contributed by atoms with E-state index in [4.69, 9.17) is 0 Å². The van der Waals surface area contributed by atoms with Gasteiger partial charge in [0.05, 0.1) is 6.61 Å². The van der Waals surface area contributed by atoms with Gasteiger partial charge in [-0.15, -0.1) is 0 Å². The fraction of sp³-hybridized carbons (Fsp3) is 1.00. The molecule has 0 aromatic carbocycles. The van der Waals surface area contributed by atoms with Gasteiger partial charge in [0.1, 0.15) is 0 Å². The highest BCUT2D eigenvalue weighted by Gasteiger charge is 2.43. The topological polar surface area (TPSA) is 35.5 Å². The molecule has 0 aromatic rings. The number of aliphatic hydroxyl groups excluding tert-OH is 1. The van der Waals surface area contributed by atoms with E-state index in [9.17, 15) is 5.11 Å². The average Bonchev–Trinajstić information content (AvgIpc) is 3.03. The molecular weight excluding hydrogens is 200 g/mol. The van der Waals surface area contributed by atoms with Crippen molar-refractivity contribution in [1.82, 2.24) is 10.2 Å². The standard InChI is InChI=1S/C13H26N2O/c1-3-14-13(10-16)8-7-12(9-13)15(4-2)11-5-6-11/h11-12,14,16H,3-10H2,1-2H3. The summed E-state index contributed by atoms with van der Waals surface area (Å²) in [4.78, 5) is 2.66. The normalized spacial score (nSPS) is 34.9. The Morgan fingerprint density at radius 3 is 2.50 bits per heavy atom. The summed E-state index contributed by atoms with van der Waals surface area (Å²) in [5.74, 6) is 0. The highest BCUT2D eigenvalue weighted by atomic mass is 16.3. The molecule has 94 valence electrons. The van der Waals surface area contributed by atoms with Gasteiger partial charge in [0.15, 0.2) is 0 Å². The Balaban J connectivity index is 1.94. The molecule has 3 heteroatoms. The number of nitrogens with zero attached hydrogens (tertiary/aromatic N) is 1. The van der Waals surface area contributed by atoms with E-state index in [1.165, 1.54) is 25.8 Å². The van der Waals surface area contributed by atoms with Crippen LogP contribution in [-0.4, -0.2) is 47.3 Å². The van der Waals surface area contributed by atoms with E-state index in [0.717, 1.165) is 25.4 Å². The molecule has 16 heavy (non-hydrogen) atoms. The minimum Gasteiger partial charge on any atom is -0.394 e. The van der Waals surface area contributed by atoms with Gasteiger partial charge in [0.2, 0.25) is 0 Å². The van der Waals surface area contributed by atoms with Crippen LogP contribution in [0.15, 0.2) is 0 Å². The van der Waals surface area contributed by atoms with Crippen molar-refractivity contribution >= 4 is 0 Å². The molecule has 2 unspecified atom stereocenters. The first-order chi connectivity index (χ1) is 7.74. The predicted octanol–water partition coefficient (Wildman–Crippen LogP) is 1.36. The summed E-state index contributed by atoms with van der Waals surface area (Å²) in [5.41, 5.74) is 0.0156. The van der Waals surface area contributed by atoms with Gasteiger partial charge in [-0.2, -0.15) is 0 Å². The molecule has 0 aliphatic heterocycles. The summed E-state index contributed by atoms with van der Waals surface area (Å²) in [6.45, 7) is 6.82. The number of hydrogen-bond donors (Lipinski definition) is 2. The fourth-order valence-corrected chi connectivity index (χ4v) is 3.34. The van der Waals surface area contributed by atoms with Crippen LogP contribution in [0.25, 0.3) is 0 Å². The van der Waals surface area contributed by atoms with E-state index >= 15 is 0 Å². The molecule has 2 aliphatic carbocycles. The second-order valence-corrected chi connectivity index (χ2v) is 5.43. The zero-order chi connectivity index (χ0) is 11.6. The highest BCUT2D eigenvalue weighted by Crippen LogP contribution is 2.38. The van der Waals surface area contributed by atoms with Gasteiger partial charge in [-0.1, -0.05) is 13.8 Å². The lowest BCUT2D eigenvalue weighted by Gasteiger charge is -2.31. The second-order valence-electron chi connectivity index (χ2n) is 5.43.